The highest BCUT2D eigenvalue weighted by molar-refractivity contribution is 5.82. The second-order valence-electron chi connectivity index (χ2n) is 21.9. The van der Waals surface area contributed by atoms with Crippen molar-refractivity contribution in [3.8, 4) is 0 Å². The summed E-state index contributed by atoms with van der Waals surface area (Å²) < 4.78 is 40.6. The lowest BCUT2D eigenvalue weighted by Gasteiger charge is -2.52. The van der Waals surface area contributed by atoms with E-state index in [1.54, 1.807) is 47.6 Å². The van der Waals surface area contributed by atoms with E-state index in [9.17, 15) is 74.8 Å². The number of amides is 5. The Balaban J connectivity index is 1.57. The van der Waals surface area contributed by atoms with E-state index in [4.69, 9.17) is 33.2 Å². The molecule has 2 aromatic carbocycles. The quantitative estimate of drug-likeness (QED) is 0.0469. The minimum absolute atomic E-state index is 0.0713. The minimum atomic E-state index is -2.00. The van der Waals surface area contributed by atoms with Crippen molar-refractivity contribution in [1.29, 1.82) is 0 Å². The van der Waals surface area contributed by atoms with Crippen molar-refractivity contribution >= 4 is 41.7 Å². The SMILES string of the molecule is CN(C(=O)OC(C)(C)C)[C@@H]1[C@@H](O)[C@@H](O[C@@H]2[C@@H](O)[C@H](C3OC(CNCC(O)CO)=CC[C@H]3NC(=O)OCc3ccc([N+](=O)[O-])cc3)[C@@H](NC(=O)OCc3ccc([N+](=O)[O-])cc3)C[C@H]2NC(=O)[C@@H](O)CNC(=O)OC(C)(C)C)OC[C@]1(C)O. The molecule has 3 aliphatic rings. The van der Waals surface area contributed by atoms with Crippen LogP contribution in [0.2, 0.25) is 0 Å². The van der Waals surface area contributed by atoms with Gasteiger partial charge in [0.05, 0.1) is 66.5 Å². The van der Waals surface area contributed by atoms with E-state index in [2.05, 4.69) is 26.6 Å². The molecular weight excluding hydrogens is 1080 g/mol. The highest BCUT2D eigenvalue weighted by Gasteiger charge is 2.56. The van der Waals surface area contributed by atoms with Gasteiger partial charge in [0, 0.05) is 49.8 Å². The summed E-state index contributed by atoms with van der Waals surface area (Å²) in [6, 6.07) is 4.65. The zero-order valence-corrected chi connectivity index (χ0v) is 46.0. The number of aliphatic hydroxyl groups is 6. The Bertz CT molecular complexity index is 2520. The van der Waals surface area contributed by atoms with Gasteiger partial charge in [-0.3, -0.25) is 25.0 Å². The maximum Gasteiger partial charge on any atom is 0.410 e. The molecule has 0 aromatic heterocycles. The van der Waals surface area contributed by atoms with Gasteiger partial charge in [0.2, 0.25) is 0 Å². The summed E-state index contributed by atoms with van der Waals surface area (Å²) in [4.78, 5) is 89.9. The first-order chi connectivity index (χ1) is 37.9. The summed E-state index contributed by atoms with van der Waals surface area (Å²) in [5, 5.41) is 103. The van der Waals surface area contributed by atoms with Gasteiger partial charge in [-0.1, -0.05) is 0 Å². The number of carbonyl (C=O) groups excluding carboxylic acids is 5. The Kier molecular flexibility index (Phi) is 22.5. The number of nitro groups is 2. The molecule has 1 saturated carbocycles. The Morgan fingerprint density at radius 2 is 1.33 bits per heavy atom. The van der Waals surface area contributed by atoms with Crippen molar-refractivity contribution < 1.29 is 97.6 Å². The summed E-state index contributed by atoms with van der Waals surface area (Å²) in [6.45, 7) is 7.94. The minimum Gasteiger partial charge on any atom is -0.491 e. The maximum absolute atomic E-state index is 14.0. The van der Waals surface area contributed by atoms with Crippen LogP contribution in [0.1, 0.15) is 72.4 Å². The molecule has 81 heavy (non-hydrogen) atoms. The van der Waals surface area contributed by atoms with Crippen LogP contribution in [-0.2, 0) is 51.2 Å². The molecule has 5 amide bonds. The number of hydrogen-bond acceptors (Lipinski definition) is 23. The van der Waals surface area contributed by atoms with Crippen LogP contribution in [0.25, 0.3) is 0 Å². The van der Waals surface area contributed by atoms with Crippen molar-refractivity contribution in [3.63, 3.8) is 0 Å². The summed E-state index contributed by atoms with van der Waals surface area (Å²) in [7, 11) is 1.26. The molecule has 5 rings (SSSR count). The van der Waals surface area contributed by atoms with E-state index in [-0.39, 0.29) is 43.3 Å². The van der Waals surface area contributed by atoms with Gasteiger partial charge in [0.15, 0.2) is 6.29 Å². The van der Waals surface area contributed by atoms with Crippen molar-refractivity contribution in [2.75, 3.05) is 39.9 Å². The third-order valence-electron chi connectivity index (χ3n) is 12.9. The second-order valence-corrected chi connectivity index (χ2v) is 21.9. The Morgan fingerprint density at radius 3 is 1.85 bits per heavy atom. The third-order valence-corrected chi connectivity index (χ3v) is 12.9. The highest BCUT2D eigenvalue weighted by Crippen LogP contribution is 2.39. The number of nitrogens with zero attached hydrogens (tertiary/aromatic N) is 3. The molecule has 2 fully saturated rings. The predicted molar refractivity (Wildman–Crippen MR) is 279 cm³/mol. The van der Waals surface area contributed by atoms with Crippen LogP contribution >= 0.6 is 0 Å². The van der Waals surface area contributed by atoms with Gasteiger partial charge in [-0.05, 0) is 103 Å². The zero-order chi connectivity index (χ0) is 60.1. The molecule has 11 N–H and O–H groups in total. The zero-order valence-electron chi connectivity index (χ0n) is 46.0. The van der Waals surface area contributed by atoms with Crippen LogP contribution in [0.3, 0.4) is 0 Å². The van der Waals surface area contributed by atoms with Crippen LogP contribution < -0.4 is 26.6 Å². The summed E-state index contributed by atoms with van der Waals surface area (Å²) in [6.07, 6.45) is -15.3. The van der Waals surface area contributed by atoms with Gasteiger partial charge in [-0.15, -0.1) is 0 Å². The first kappa shape index (κ1) is 64.8. The average molecular weight is 1150 g/mol. The fourth-order valence-corrected chi connectivity index (χ4v) is 9.18. The molecule has 2 aliphatic heterocycles. The van der Waals surface area contributed by atoms with E-state index in [0.29, 0.717) is 11.1 Å². The maximum atomic E-state index is 14.0. The van der Waals surface area contributed by atoms with Crippen molar-refractivity contribution in [3.05, 3.63) is 91.7 Å². The largest absolute Gasteiger partial charge is 0.491 e. The third kappa shape index (κ3) is 19.0. The lowest BCUT2D eigenvalue weighted by molar-refractivity contribution is -0.385. The average Bonchev–Trinajstić information content (AvgIpc) is 3.49. The predicted octanol–water partition coefficient (Wildman–Crippen LogP) is 0.849. The topological polar surface area (TPSA) is 421 Å². The molecule has 0 bridgehead atoms. The van der Waals surface area contributed by atoms with E-state index in [1.165, 1.54) is 62.5 Å². The first-order valence-electron chi connectivity index (χ1n) is 25.8. The fourth-order valence-electron chi connectivity index (χ4n) is 9.18. The Hall–Kier alpha value is -7.03. The number of nitrogens with one attached hydrogen (secondary N) is 5. The number of rotatable bonds is 21. The van der Waals surface area contributed by atoms with E-state index < -0.39 is 163 Å². The summed E-state index contributed by atoms with van der Waals surface area (Å²) >= 11 is 0. The van der Waals surface area contributed by atoms with Crippen LogP contribution in [-0.4, -0.2) is 199 Å². The van der Waals surface area contributed by atoms with E-state index >= 15 is 0 Å². The molecule has 0 radical (unpaired) electrons. The fraction of sp³-hybridized carbons (Fsp3) is 0.627. The Morgan fingerprint density at radius 1 is 0.790 bits per heavy atom. The molecule has 1 aliphatic carbocycles. The molecule has 13 atom stereocenters. The number of carbonyl (C=O) groups is 5. The Labute approximate surface area is 465 Å². The van der Waals surface area contributed by atoms with Crippen molar-refractivity contribution in [2.45, 2.75) is 158 Å². The molecule has 0 spiro atoms. The van der Waals surface area contributed by atoms with Crippen LogP contribution in [0.4, 0.5) is 30.6 Å². The summed E-state index contributed by atoms with van der Waals surface area (Å²) in [5.74, 6) is -2.47. The van der Waals surface area contributed by atoms with Gasteiger partial charge in [0.1, 0.15) is 60.2 Å². The van der Waals surface area contributed by atoms with Gasteiger partial charge in [-0.25, -0.2) is 19.2 Å². The molecule has 2 unspecified atom stereocenters. The van der Waals surface area contributed by atoms with Crippen molar-refractivity contribution in [2.24, 2.45) is 5.92 Å². The molecule has 30 nitrogen and oxygen atoms in total. The number of non-ortho nitro benzene ring substituents is 2. The van der Waals surface area contributed by atoms with Gasteiger partial charge in [0.25, 0.3) is 17.3 Å². The first-order valence-corrected chi connectivity index (χ1v) is 25.8. The molecule has 2 aromatic rings. The van der Waals surface area contributed by atoms with Crippen LogP contribution in [0.15, 0.2) is 60.4 Å². The second kappa shape index (κ2) is 28.1. The van der Waals surface area contributed by atoms with Crippen LogP contribution in [0.5, 0.6) is 0 Å². The number of benzene rings is 2. The summed E-state index contributed by atoms with van der Waals surface area (Å²) in [5.41, 5.74) is -3.69. The lowest BCUT2D eigenvalue weighted by atomic mass is 9.72. The van der Waals surface area contributed by atoms with E-state index in [0.717, 1.165) is 4.90 Å². The smallest absolute Gasteiger partial charge is 0.410 e. The normalized spacial score (nSPS) is 26.4. The van der Waals surface area contributed by atoms with E-state index in [1.807, 2.05) is 0 Å². The van der Waals surface area contributed by atoms with Gasteiger partial charge >= 0.3 is 24.4 Å². The molecule has 450 valence electrons. The number of nitro benzene ring substituents is 2. The van der Waals surface area contributed by atoms with Crippen molar-refractivity contribution in [1.82, 2.24) is 31.5 Å². The monoisotopic (exact) mass is 1150 g/mol. The number of aliphatic hydroxyl groups excluding tert-OH is 5. The van der Waals surface area contributed by atoms with Gasteiger partial charge < -0.3 is 95.3 Å². The lowest BCUT2D eigenvalue weighted by Crippen LogP contribution is -2.71. The number of hydrogen-bond donors (Lipinski definition) is 11. The molecule has 30 heteroatoms. The highest BCUT2D eigenvalue weighted by atomic mass is 16.7. The number of alkyl carbamates (subject to hydrolysis) is 3. The molecule has 2 heterocycles. The number of ether oxygens (including phenoxy) is 7. The molecular formula is C51H74N8O22. The number of likely N-dealkylation sites (N-methyl/N-ethyl adjacent to an activating group) is 1. The van der Waals surface area contributed by atoms with Gasteiger partial charge in [-0.2, -0.15) is 0 Å². The molecule has 1 saturated heterocycles. The standard InChI is InChI=1S/C51H74N8O22/c1-49(2,3)80-45(66)53-22-36(62)43(65)54-35-19-34(56-47(68)76-25-28-11-15-30(16-12-28)59(73)74)37(38(63)41(35)79-44-39(64)42(51(7,70)26-77-44)57(8)48(69)81-50(4,5)6)40-33(18-17-32(78-40)21-52-20-31(61)23-60)55-46(67)75-24-27-9-13-29(14-10-27)58(71)72/h9-17,31,33-42,44,52,60-64,70H,18-26H2,1-8H3,(H,53,66)(H,54,65)(H,55,67)(H,56,68)/t31?,33-,34+,35-,36+,37-,38+,39-,40?,41+,42-,44-,51+/m1/s1. The van der Waals surface area contributed by atoms with Crippen LogP contribution in [0, 0.1) is 26.1 Å².